The van der Waals surface area contributed by atoms with Crippen LogP contribution in [0, 0.1) is 6.92 Å². The van der Waals surface area contributed by atoms with Gasteiger partial charge in [-0.05, 0) is 49.7 Å². The van der Waals surface area contributed by atoms with Crippen LogP contribution in [0.3, 0.4) is 0 Å². The maximum atomic E-state index is 12.1. The Hall–Kier alpha value is -2.53. The second kappa shape index (κ2) is 11.2. The predicted molar refractivity (Wildman–Crippen MR) is 110 cm³/mol. The second-order valence-corrected chi connectivity index (χ2v) is 6.57. The molecule has 0 spiro atoms. The summed E-state index contributed by atoms with van der Waals surface area (Å²) in [6, 6.07) is 13.4. The summed E-state index contributed by atoms with van der Waals surface area (Å²) >= 11 is 0. The molecule has 1 amide bonds. The van der Waals surface area contributed by atoms with Crippen LogP contribution in [0.5, 0.6) is 11.5 Å². The number of hydrogen-bond donors (Lipinski definition) is 2. The Labute approximate surface area is 162 Å². The number of methoxy groups -OCH3 is 1. The molecule has 0 bridgehead atoms. The zero-order chi connectivity index (χ0) is 19.5. The van der Waals surface area contributed by atoms with E-state index in [-0.39, 0.29) is 12.5 Å². The van der Waals surface area contributed by atoms with E-state index in [1.807, 2.05) is 49.4 Å². The van der Waals surface area contributed by atoms with Crippen molar-refractivity contribution in [1.82, 2.24) is 5.32 Å². The van der Waals surface area contributed by atoms with Crippen LogP contribution in [0.4, 0.5) is 5.69 Å². The Kier molecular flexibility index (Phi) is 8.65. The number of carbonyl (C=O) groups excluding carboxylic acids is 1. The molecule has 0 atom stereocenters. The maximum absolute atomic E-state index is 12.1. The Balaban J connectivity index is 1.84. The second-order valence-electron chi connectivity index (χ2n) is 6.57. The van der Waals surface area contributed by atoms with Crippen molar-refractivity contribution in [1.29, 1.82) is 0 Å². The van der Waals surface area contributed by atoms with E-state index in [4.69, 9.17) is 9.47 Å². The standard InChI is InChI=1S/C22H30N2O3/c1-4-5-6-13-23-15-18-9-12-20(21(14-18)26-3)27-16-22(25)24-19-10-7-17(2)8-11-19/h7-12,14,23H,4-6,13,15-16H2,1-3H3,(H,24,25). The Morgan fingerprint density at radius 2 is 1.81 bits per heavy atom. The van der Waals surface area contributed by atoms with Crippen molar-refractivity contribution < 1.29 is 14.3 Å². The molecular weight excluding hydrogens is 340 g/mol. The third-order valence-corrected chi connectivity index (χ3v) is 4.21. The van der Waals surface area contributed by atoms with Crippen molar-refractivity contribution in [3.05, 3.63) is 53.6 Å². The van der Waals surface area contributed by atoms with Crippen molar-refractivity contribution in [2.24, 2.45) is 0 Å². The average molecular weight is 370 g/mol. The summed E-state index contributed by atoms with van der Waals surface area (Å²) in [4.78, 5) is 12.1. The minimum Gasteiger partial charge on any atom is -0.493 e. The molecule has 0 aromatic heterocycles. The van der Waals surface area contributed by atoms with Crippen molar-refractivity contribution >= 4 is 11.6 Å². The summed E-state index contributed by atoms with van der Waals surface area (Å²) in [5.74, 6) is 0.986. The summed E-state index contributed by atoms with van der Waals surface area (Å²) in [5.41, 5.74) is 3.03. The van der Waals surface area contributed by atoms with Gasteiger partial charge in [-0.1, -0.05) is 43.5 Å². The molecule has 0 aliphatic heterocycles. The topological polar surface area (TPSA) is 59.6 Å². The molecule has 0 saturated carbocycles. The van der Waals surface area contributed by atoms with Gasteiger partial charge in [0.1, 0.15) is 0 Å². The van der Waals surface area contributed by atoms with Crippen LogP contribution in [0.15, 0.2) is 42.5 Å². The van der Waals surface area contributed by atoms with Gasteiger partial charge in [0.15, 0.2) is 18.1 Å². The molecule has 0 aliphatic carbocycles. The van der Waals surface area contributed by atoms with E-state index in [2.05, 4.69) is 17.6 Å². The lowest BCUT2D eigenvalue weighted by molar-refractivity contribution is -0.118. The number of hydrogen-bond acceptors (Lipinski definition) is 4. The molecule has 5 heteroatoms. The van der Waals surface area contributed by atoms with Gasteiger partial charge in [0.25, 0.3) is 5.91 Å². The Morgan fingerprint density at radius 1 is 1.04 bits per heavy atom. The summed E-state index contributed by atoms with van der Waals surface area (Å²) in [6.07, 6.45) is 3.65. The number of unbranched alkanes of at least 4 members (excludes halogenated alkanes) is 2. The molecule has 0 unspecified atom stereocenters. The van der Waals surface area contributed by atoms with Crippen LogP contribution in [0.1, 0.15) is 37.3 Å². The zero-order valence-electron chi connectivity index (χ0n) is 16.5. The first kappa shape index (κ1) is 20.8. The Bertz CT molecular complexity index is 714. The van der Waals surface area contributed by atoms with E-state index < -0.39 is 0 Å². The number of benzene rings is 2. The van der Waals surface area contributed by atoms with E-state index in [9.17, 15) is 4.79 Å². The monoisotopic (exact) mass is 370 g/mol. The van der Waals surface area contributed by atoms with Gasteiger partial charge in [-0.2, -0.15) is 0 Å². The first-order valence-corrected chi connectivity index (χ1v) is 9.49. The van der Waals surface area contributed by atoms with Gasteiger partial charge in [0.05, 0.1) is 7.11 Å². The van der Waals surface area contributed by atoms with Crippen LogP contribution in [-0.4, -0.2) is 26.2 Å². The summed E-state index contributed by atoms with van der Waals surface area (Å²) in [7, 11) is 1.60. The molecular formula is C22H30N2O3. The normalized spacial score (nSPS) is 10.5. The molecule has 5 nitrogen and oxygen atoms in total. The number of aryl methyl sites for hydroxylation is 1. The number of nitrogens with one attached hydrogen (secondary N) is 2. The number of amides is 1. The van der Waals surface area contributed by atoms with E-state index >= 15 is 0 Å². The zero-order valence-corrected chi connectivity index (χ0v) is 16.5. The van der Waals surface area contributed by atoms with Crippen LogP contribution in [-0.2, 0) is 11.3 Å². The fourth-order valence-corrected chi connectivity index (χ4v) is 2.65. The highest BCUT2D eigenvalue weighted by Gasteiger charge is 2.09. The van der Waals surface area contributed by atoms with Crippen molar-refractivity contribution in [2.75, 3.05) is 25.6 Å². The average Bonchev–Trinajstić information content (AvgIpc) is 2.68. The predicted octanol–water partition coefficient (Wildman–Crippen LogP) is 4.30. The molecule has 27 heavy (non-hydrogen) atoms. The van der Waals surface area contributed by atoms with Gasteiger partial charge in [-0.25, -0.2) is 0 Å². The van der Waals surface area contributed by atoms with Crippen molar-refractivity contribution in [2.45, 2.75) is 39.7 Å². The highest BCUT2D eigenvalue weighted by Crippen LogP contribution is 2.28. The van der Waals surface area contributed by atoms with E-state index in [1.165, 1.54) is 19.3 Å². The number of ether oxygens (including phenoxy) is 2. The molecule has 0 aliphatic rings. The SMILES string of the molecule is CCCCCNCc1ccc(OCC(=O)Nc2ccc(C)cc2)c(OC)c1. The molecule has 0 heterocycles. The molecule has 2 aromatic carbocycles. The van der Waals surface area contributed by atoms with Gasteiger partial charge in [-0.15, -0.1) is 0 Å². The summed E-state index contributed by atoms with van der Waals surface area (Å²) in [5, 5.41) is 6.25. The van der Waals surface area contributed by atoms with Crippen LogP contribution < -0.4 is 20.1 Å². The van der Waals surface area contributed by atoms with Gasteiger partial charge in [0, 0.05) is 12.2 Å². The first-order chi connectivity index (χ1) is 13.1. The summed E-state index contributed by atoms with van der Waals surface area (Å²) < 4.78 is 11.1. The van der Waals surface area contributed by atoms with Crippen LogP contribution in [0.2, 0.25) is 0 Å². The van der Waals surface area contributed by atoms with E-state index in [1.54, 1.807) is 7.11 Å². The quantitative estimate of drug-likeness (QED) is 0.579. The molecule has 146 valence electrons. The van der Waals surface area contributed by atoms with Gasteiger partial charge in [-0.3, -0.25) is 4.79 Å². The number of carbonyl (C=O) groups is 1. The van der Waals surface area contributed by atoms with Crippen LogP contribution in [0.25, 0.3) is 0 Å². The lowest BCUT2D eigenvalue weighted by Gasteiger charge is -2.13. The lowest BCUT2D eigenvalue weighted by atomic mass is 10.2. The van der Waals surface area contributed by atoms with Crippen molar-refractivity contribution in [3.63, 3.8) is 0 Å². The first-order valence-electron chi connectivity index (χ1n) is 9.49. The smallest absolute Gasteiger partial charge is 0.262 e. The fraction of sp³-hybridized carbons (Fsp3) is 0.409. The highest BCUT2D eigenvalue weighted by atomic mass is 16.5. The number of rotatable bonds is 11. The van der Waals surface area contributed by atoms with Gasteiger partial charge < -0.3 is 20.1 Å². The summed E-state index contributed by atoms with van der Waals surface area (Å²) in [6.45, 7) is 5.93. The molecule has 2 aromatic rings. The fourth-order valence-electron chi connectivity index (χ4n) is 2.65. The minimum absolute atomic E-state index is 0.0706. The maximum Gasteiger partial charge on any atom is 0.262 e. The number of anilines is 1. The third kappa shape index (κ3) is 7.31. The van der Waals surface area contributed by atoms with Crippen LogP contribution >= 0.6 is 0 Å². The van der Waals surface area contributed by atoms with Crippen molar-refractivity contribution in [3.8, 4) is 11.5 Å². The lowest BCUT2D eigenvalue weighted by Crippen LogP contribution is -2.20. The molecule has 2 rings (SSSR count). The molecule has 0 saturated heterocycles. The highest BCUT2D eigenvalue weighted by molar-refractivity contribution is 5.91. The molecule has 0 fully saturated rings. The third-order valence-electron chi connectivity index (χ3n) is 4.21. The molecule has 0 radical (unpaired) electrons. The van der Waals surface area contributed by atoms with E-state index in [0.29, 0.717) is 11.5 Å². The minimum atomic E-state index is -0.206. The van der Waals surface area contributed by atoms with E-state index in [0.717, 1.165) is 29.9 Å². The van der Waals surface area contributed by atoms with Gasteiger partial charge >= 0.3 is 0 Å². The van der Waals surface area contributed by atoms with Gasteiger partial charge in [0.2, 0.25) is 0 Å². The Morgan fingerprint density at radius 3 is 2.52 bits per heavy atom. The largest absolute Gasteiger partial charge is 0.493 e. The molecule has 2 N–H and O–H groups in total.